The zero-order chi connectivity index (χ0) is 18.1. The number of anilines is 1. The van der Waals surface area contributed by atoms with Crippen molar-refractivity contribution in [1.29, 1.82) is 0 Å². The highest BCUT2D eigenvalue weighted by Gasteiger charge is 2.56. The van der Waals surface area contributed by atoms with Gasteiger partial charge >= 0.3 is 0 Å². The molecular formula is C20H16FN3O2. The number of nitrogens with one attached hydrogen (secondary N) is 2. The minimum Gasteiger partial charge on any atom is -0.356 e. The predicted molar refractivity (Wildman–Crippen MR) is 95.4 cm³/mol. The van der Waals surface area contributed by atoms with Crippen molar-refractivity contribution in [3.05, 3.63) is 65.1 Å². The van der Waals surface area contributed by atoms with Crippen LogP contribution in [0.2, 0.25) is 0 Å². The van der Waals surface area contributed by atoms with Crippen LogP contribution in [-0.2, 0) is 21.5 Å². The summed E-state index contributed by atoms with van der Waals surface area (Å²) in [5.74, 6) is -0.954. The number of rotatable bonds is 0. The van der Waals surface area contributed by atoms with Crippen molar-refractivity contribution in [3.63, 3.8) is 0 Å². The molecule has 26 heavy (non-hydrogen) atoms. The zero-order valence-corrected chi connectivity index (χ0v) is 14.1. The Morgan fingerprint density at radius 1 is 1.23 bits per heavy atom. The second-order valence-electron chi connectivity index (χ2n) is 6.77. The number of amides is 2. The molecule has 0 radical (unpaired) electrons. The van der Waals surface area contributed by atoms with Gasteiger partial charge in [0.25, 0.3) is 5.91 Å². The van der Waals surface area contributed by atoms with E-state index < -0.39 is 5.54 Å². The molecule has 130 valence electrons. The molecule has 3 heterocycles. The summed E-state index contributed by atoms with van der Waals surface area (Å²) < 4.78 is 13.8. The molecule has 2 N–H and O–H groups in total. The third-order valence-corrected chi connectivity index (χ3v) is 5.40. The van der Waals surface area contributed by atoms with Gasteiger partial charge in [0.2, 0.25) is 5.91 Å². The summed E-state index contributed by atoms with van der Waals surface area (Å²) in [6, 6.07) is 11.9. The van der Waals surface area contributed by atoms with Crippen LogP contribution in [0.5, 0.6) is 0 Å². The Morgan fingerprint density at radius 3 is 2.85 bits per heavy atom. The number of para-hydroxylation sites is 1. The number of benzene rings is 2. The summed E-state index contributed by atoms with van der Waals surface area (Å²) in [5.41, 5.74) is 2.59. The summed E-state index contributed by atoms with van der Waals surface area (Å²) in [5, 5.41) is 4.13. The van der Waals surface area contributed by atoms with Crippen molar-refractivity contribution in [2.75, 3.05) is 11.4 Å². The fourth-order valence-electron chi connectivity index (χ4n) is 4.37. The summed E-state index contributed by atoms with van der Waals surface area (Å²) >= 11 is 0. The highest BCUT2D eigenvalue weighted by atomic mass is 19.1. The van der Waals surface area contributed by atoms with Gasteiger partial charge in [0.05, 0.1) is 11.4 Å². The van der Waals surface area contributed by atoms with Crippen molar-refractivity contribution in [2.45, 2.75) is 18.9 Å². The van der Waals surface area contributed by atoms with Crippen LogP contribution in [0.15, 0.2) is 42.5 Å². The van der Waals surface area contributed by atoms with E-state index >= 15 is 0 Å². The Kier molecular flexibility index (Phi) is 2.95. The van der Waals surface area contributed by atoms with Gasteiger partial charge in [0, 0.05) is 29.9 Å². The Bertz CT molecular complexity index is 1100. The highest BCUT2D eigenvalue weighted by molar-refractivity contribution is 6.23. The van der Waals surface area contributed by atoms with E-state index in [1.54, 1.807) is 12.1 Å². The fraction of sp³-hybridized carbons (Fsp3) is 0.200. The first-order valence-corrected chi connectivity index (χ1v) is 8.54. The van der Waals surface area contributed by atoms with Gasteiger partial charge in [-0.05, 0) is 36.2 Å². The first-order chi connectivity index (χ1) is 12.5. The molecule has 5 rings (SSSR count). The number of fused-ring (bicyclic) bond motifs is 6. The Labute approximate surface area is 148 Å². The molecule has 3 aromatic rings. The number of aromatic nitrogens is 1. The first kappa shape index (κ1) is 15.3. The van der Waals surface area contributed by atoms with E-state index in [2.05, 4.69) is 10.3 Å². The number of nitrogens with zero attached hydrogens (tertiary/aromatic N) is 1. The molecule has 6 heteroatoms. The first-order valence-electron chi connectivity index (χ1n) is 8.54. The molecule has 0 saturated carbocycles. The smallest absolute Gasteiger partial charge is 0.264 e. The van der Waals surface area contributed by atoms with Crippen LogP contribution in [0.3, 0.4) is 0 Å². The van der Waals surface area contributed by atoms with Crippen molar-refractivity contribution in [2.24, 2.45) is 0 Å². The van der Waals surface area contributed by atoms with Crippen LogP contribution in [0.1, 0.15) is 23.7 Å². The Hall–Kier alpha value is -2.99. The molecule has 1 spiro atoms. The van der Waals surface area contributed by atoms with Gasteiger partial charge in [0.1, 0.15) is 5.82 Å². The van der Waals surface area contributed by atoms with E-state index in [1.807, 2.05) is 18.2 Å². The van der Waals surface area contributed by atoms with Crippen molar-refractivity contribution in [1.82, 2.24) is 10.3 Å². The minimum atomic E-state index is -1.15. The molecule has 2 amide bonds. The summed E-state index contributed by atoms with van der Waals surface area (Å²) in [7, 11) is 0. The zero-order valence-electron chi connectivity index (χ0n) is 14.1. The van der Waals surface area contributed by atoms with Gasteiger partial charge in [0.15, 0.2) is 5.54 Å². The van der Waals surface area contributed by atoms with Gasteiger partial charge < -0.3 is 4.98 Å². The van der Waals surface area contributed by atoms with Crippen LogP contribution < -0.4 is 10.2 Å². The lowest BCUT2D eigenvalue weighted by molar-refractivity contribution is -0.128. The molecule has 2 aromatic carbocycles. The second kappa shape index (κ2) is 5.02. The summed E-state index contributed by atoms with van der Waals surface area (Å²) in [6.45, 7) is 1.94. The average Bonchev–Trinajstić information content (AvgIpc) is 3.11. The van der Waals surface area contributed by atoms with Crippen molar-refractivity contribution >= 4 is 28.4 Å². The second-order valence-corrected chi connectivity index (χ2v) is 6.77. The van der Waals surface area contributed by atoms with Gasteiger partial charge in [-0.2, -0.15) is 0 Å². The number of imide groups is 1. The maximum atomic E-state index is 13.8. The van der Waals surface area contributed by atoms with Gasteiger partial charge in [-0.15, -0.1) is 0 Å². The number of aromatic amines is 1. The standard InChI is InChI=1S/C20H16FN3O2/c1-11(25)24-17-5-3-2-4-15(17)20(19(24)26)18-13(8-9-22-20)14-10-12(21)6-7-16(14)23-18/h2-7,10,22-23H,8-9H2,1H3/t20-/m0/s1. The topological polar surface area (TPSA) is 65.2 Å². The van der Waals surface area contributed by atoms with Gasteiger partial charge in [-0.3, -0.25) is 14.9 Å². The maximum Gasteiger partial charge on any atom is 0.264 e. The number of carbonyl (C=O) groups is 2. The third kappa shape index (κ3) is 1.72. The molecule has 5 nitrogen and oxygen atoms in total. The van der Waals surface area contributed by atoms with E-state index in [0.717, 1.165) is 22.0 Å². The molecular weight excluding hydrogens is 333 g/mol. The molecule has 0 bridgehead atoms. The number of halogens is 1. The quantitative estimate of drug-likeness (QED) is 0.656. The SMILES string of the molecule is CC(=O)N1C(=O)[C@]2(NCCc3c2[nH]c2ccc(F)cc32)c2ccccc21. The molecule has 1 atom stereocenters. The lowest BCUT2D eigenvalue weighted by Gasteiger charge is -2.33. The lowest BCUT2D eigenvalue weighted by atomic mass is 9.82. The molecule has 0 unspecified atom stereocenters. The monoisotopic (exact) mass is 349 g/mol. The van der Waals surface area contributed by atoms with Crippen molar-refractivity contribution < 1.29 is 14.0 Å². The number of hydrogen-bond acceptors (Lipinski definition) is 3. The average molecular weight is 349 g/mol. The van der Waals surface area contributed by atoms with E-state index in [1.165, 1.54) is 24.0 Å². The summed E-state index contributed by atoms with van der Waals surface area (Å²) in [6.07, 6.45) is 0.677. The molecule has 1 aromatic heterocycles. The largest absolute Gasteiger partial charge is 0.356 e. The number of carbonyl (C=O) groups excluding carboxylic acids is 2. The van der Waals surface area contributed by atoms with Gasteiger partial charge in [-0.1, -0.05) is 18.2 Å². The molecule has 0 aliphatic carbocycles. The van der Waals surface area contributed by atoms with Crippen LogP contribution in [-0.4, -0.2) is 23.3 Å². The van der Waals surface area contributed by atoms with Crippen LogP contribution in [0.25, 0.3) is 10.9 Å². The minimum absolute atomic E-state index is 0.310. The number of hydrogen-bond donors (Lipinski definition) is 2. The van der Waals surface area contributed by atoms with E-state index in [0.29, 0.717) is 24.3 Å². The normalized spacial score (nSPS) is 21.3. The van der Waals surface area contributed by atoms with Crippen LogP contribution >= 0.6 is 0 Å². The van der Waals surface area contributed by atoms with Crippen LogP contribution in [0.4, 0.5) is 10.1 Å². The maximum absolute atomic E-state index is 13.8. The van der Waals surface area contributed by atoms with Crippen LogP contribution in [0, 0.1) is 5.82 Å². The molecule has 0 fully saturated rings. The Morgan fingerprint density at radius 2 is 2.04 bits per heavy atom. The molecule has 2 aliphatic heterocycles. The third-order valence-electron chi connectivity index (χ3n) is 5.40. The lowest BCUT2D eigenvalue weighted by Crippen LogP contribution is -2.55. The molecule has 0 saturated heterocycles. The van der Waals surface area contributed by atoms with E-state index in [4.69, 9.17) is 0 Å². The summed E-state index contributed by atoms with van der Waals surface area (Å²) in [4.78, 5) is 30.2. The predicted octanol–water partition coefficient (Wildman–Crippen LogP) is 2.59. The fourth-order valence-corrected chi connectivity index (χ4v) is 4.37. The Balaban J connectivity index is 1.86. The van der Waals surface area contributed by atoms with E-state index in [-0.39, 0.29) is 17.6 Å². The van der Waals surface area contributed by atoms with E-state index in [9.17, 15) is 14.0 Å². The van der Waals surface area contributed by atoms with Gasteiger partial charge in [-0.25, -0.2) is 9.29 Å². The number of H-pyrrole nitrogens is 1. The highest BCUT2D eigenvalue weighted by Crippen LogP contribution is 2.47. The van der Waals surface area contributed by atoms with Crippen molar-refractivity contribution in [3.8, 4) is 0 Å². The molecule has 2 aliphatic rings.